The van der Waals surface area contributed by atoms with E-state index in [1.165, 1.54) is 19.3 Å². The topological polar surface area (TPSA) is 49.3 Å². The quantitative estimate of drug-likeness (QED) is 0.823. The van der Waals surface area contributed by atoms with Gasteiger partial charge >= 0.3 is 0 Å². The Morgan fingerprint density at radius 3 is 1.74 bits per heavy atom. The molecule has 4 aliphatic carbocycles. The molecule has 4 aliphatic rings. The first-order valence-corrected chi connectivity index (χ1v) is 7.62. The summed E-state index contributed by atoms with van der Waals surface area (Å²) in [5.41, 5.74) is 0.862. The third kappa shape index (κ3) is 2.01. The minimum atomic E-state index is -0.165. The summed E-state index contributed by atoms with van der Waals surface area (Å²) in [6, 6.07) is 0. The monoisotopic (exact) mass is 265 g/mol. The molecule has 4 fully saturated rings. The Kier molecular flexibility index (Phi) is 2.65. The third-order valence-electron chi connectivity index (χ3n) is 5.74. The average Bonchev–Trinajstić information content (AvgIpc) is 2.18. The van der Waals surface area contributed by atoms with E-state index in [4.69, 9.17) is 5.11 Å². The second-order valence-electron chi connectivity index (χ2n) is 8.75. The Bertz CT molecular complexity index is 363. The first-order valence-electron chi connectivity index (χ1n) is 7.62. The largest absolute Gasteiger partial charge is 0.395 e. The van der Waals surface area contributed by atoms with Crippen molar-refractivity contribution >= 4 is 5.91 Å². The molecule has 4 saturated carbocycles. The molecular weight excluding hydrogens is 238 g/mol. The van der Waals surface area contributed by atoms with Gasteiger partial charge in [0.15, 0.2) is 0 Å². The van der Waals surface area contributed by atoms with Gasteiger partial charge in [0.2, 0.25) is 5.91 Å². The molecule has 108 valence electrons. The highest BCUT2D eigenvalue weighted by Crippen LogP contribution is 2.73. The fourth-order valence-corrected chi connectivity index (χ4v) is 6.89. The van der Waals surface area contributed by atoms with Crippen LogP contribution in [0.25, 0.3) is 0 Å². The van der Waals surface area contributed by atoms with Gasteiger partial charge in [-0.05, 0) is 54.8 Å². The van der Waals surface area contributed by atoms with Crippen molar-refractivity contribution < 1.29 is 9.90 Å². The van der Waals surface area contributed by atoms with Crippen molar-refractivity contribution in [3.05, 3.63) is 0 Å². The average molecular weight is 265 g/mol. The number of amides is 1. The van der Waals surface area contributed by atoms with Crippen LogP contribution in [0.15, 0.2) is 0 Å². The Balaban J connectivity index is 1.93. The van der Waals surface area contributed by atoms with Crippen LogP contribution in [-0.2, 0) is 4.79 Å². The fraction of sp³-hybridized carbons (Fsp3) is 0.938. The molecular formula is C16H27NO2. The molecule has 19 heavy (non-hydrogen) atoms. The summed E-state index contributed by atoms with van der Waals surface area (Å²) >= 11 is 0. The van der Waals surface area contributed by atoms with Gasteiger partial charge in [-0.1, -0.05) is 20.8 Å². The second kappa shape index (κ2) is 3.75. The van der Waals surface area contributed by atoms with E-state index in [1.54, 1.807) is 0 Å². The standard InChI is InChI=1S/C16H27NO2/c1-13-6-14(2)8-15(3,7-13)11-16(9-13,10-14)12(19)17-4-5-18/h18H,4-11H2,1-3H3,(H,17,19). The molecule has 4 bridgehead atoms. The van der Waals surface area contributed by atoms with Crippen molar-refractivity contribution in [1.82, 2.24) is 5.32 Å². The zero-order valence-corrected chi connectivity index (χ0v) is 12.5. The number of aliphatic hydroxyl groups excluding tert-OH is 1. The van der Waals surface area contributed by atoms with E-state index in [0.717, 1.165) is 19.3 Å². The summed E-state index contributed by atoms with van der Waals surface area (Å²) < 4.78 is 0. The SMILES string of the molecule is CC12CC3(C)CC(C)(C1)CC(C(=O)NCCO)(C2)C3. The number of hydrogen-bond donors (Lipinski definition) is 2. The fourth-order valence-electron chi connectivity index (χ4n) is 6.89. The molecule has 1 amide bonds. The van der Waals surface area contributed by atoms with Gasteiger partial charge in [-0.15, -0.1) is 0 Å². The first kappa shape index (κ1) is 13.4. The third-order valence-corrected chi connectivity index (χ3v) is 5.74. The summed E-state index contributed by atoms with van der Waals surface area (Å²) in [4.78, 5) is 12.7. The van der Waals surface area contributed by atoms with Crippen molar-refractivity contribution in [1.29, 1.82) is 0 Å². The van der Waals surface area contributed by atoms with Crippen LogP contribution in [0.5, 0.6) is 0 Å². The lowest BCUT2D eigenvalue weighted by Crippen LogP contribution is -2.63. The van der Waals surface area contributed by atoms with Gasteiger partial charge in [0, 0.05) is 6.54 Å². The zero-order valence-electron chi connectivity index (χ0n) is 12.5. The van der Waals surface area contributed by atoms with Crippen molar-refractivity contribution in [3.63, 3.8) is 0 Å². The summed E-state index contributed by atoms with van der Waals surface area (Å²) in [5, 5.41) is 11.9. The van der Waals surface area contributed by atoms with Gasteiger partial charge in [-0.25, -0.2) is 0 Å². The van der Waals surface area contributed by atoms with Crippen LogP contribution in [0.2, 0.25) is 0 Å². The van der Waals surface area contributed by atoms with Crippen LogP contribution in [0.3, 0.4) is 0 Å². The molecule has 0 unspecified atom stereocenters. The number of aliphatic hydroxyl groups is 1. The minimum absolute atomic E-state index is 0.0353. The minimum Gasteiger partial charge on any atom is -0.395 e. The van der Waals surface area contributed by atoms with E-state index in [1.807, 2.05) is 0 Å². The van der Waals surface area contributed by atoms with Crippen LogP contribution in [0.4, 0.5) is 0 Å². The highest BCUT2D eigenvalue weighted by Gasteiger charge is 2.66. The van der Waals surface area contributed by atoms with Crippen LogP contribution in [-0.4, -0.2) is 24.2 Å². The molecule has 0 aliphatic heterocycles. The van der Waals surface area contributed by atoms with Gasteiger partial charge < -0.3 is 10.4 Å². The molecule has 0 aromatic carbocycles. The summed E-state index contributed by atoms with van der Waals surface area (Å²) in [6.07, 6.45) is 6.98. The maximum atomic E-state index is 12.7. The van der Waals surface area contributed by atoms with Gasteiger partial charge in [-0.3, -0.25) is 4.79 Å². The summed E-state index contributed by atoms with van der Waals surface area (Å²) in [5.74, 6) is 0.198. The number of rotatable bonds is 3. The molecule has 0 heterocycles. The number of carbonyl (C=O) groups is 1. The van der Waals surface area contributed by atoms with E-state index in [9.17, 15) is 4.79 Å². The molecule has 0 saturated heterocycles. The van der Waals surface area contributed by atoms with E-state index in [2.05, 4.69) is 26.1 Å². The van der Waals surface area contributed by atoms with E-state index in [0.29, 0.717) is 22.8 Å². The van der Waals surface area contributed by atoms with Crippen molar-refractivity contribution in [2.24, 2.45) is 21.7 Å². The molecule has 2 N–H and O–H groups in total. The molecule has 0 spiro atoms. The van der Waals surface area contributed by atoms with Crippen LogP contribution < -0.4 is 5.32 Å². The van der Waals surface area contributed by atoms with Gasteiger partial charge in [0.1, 0.15) is 0 Å². The predicted molar refractivity (Wildman–Crippen MR) is 74.6 cm³/mol. The predicted octanol–water partition coefficient (Wildman–Crippen LogP) is 2.48. The highest BCUT2D eigenvalue weighted by atomic mass is 16.3. The summed E-state index contributed by atoms with van der Waals surface area (Å²) in [7, 11) is 0. The van der Waals surface area contributed by atoms with Crippen molar-refractivity contribution in [2.75, 3.05) is 13.2 Å². The van der Waals surface area contributed by atoms with Crippen LogP contribution >= 0.6 is 0 Å². The van der Waals surface area contributed by atoms with Gasteiger partial charge in [-0.2, -0.15) is 0 Å². The van der Waals surface area contributed by atoms with E-state index in [-0.39, 0.29) is 17.9 Å². The molecule has 3 heteroatoms. The van der Waals surface area contributed by atoms with Crippen molar-refractivity contribution in [3.8, 4) is 0 Å². The smallest absolute Gasteiger partial charge is 0.226 e. The first-order chi connectivity index (χ1) is 8.72. The Morgan fingerprint density at radius 1 is 0.947 bits per heavy atom. The van der Waals surface area contributed by atoms with Gasteiger partial charge in [0.25, 0.3) is 0 Å². The Labute approximate surface area is 116 Å². The molecule has 0 aromatic heterocycles. The molecule has 3 nitrogen and oxygen atoms in total. The lowest BCUT2D eigenvalue weighted by atomic mass is 9.36. The van der Waals surface area contributed by atoms with E-state index >= 15 is 0 Å². The number of hydrogen-bond acceptors (Lipinski definition) is 2. The number of nitrogens with one attached hydrogen (secondary N) is 1. The van der Waals surface area contributed by atoms with Crippen molar-refractivity contribution in [2.45, 2.75) is 59.3 Å². The molecule has 0 atom stereocenters. The lowest BCUT2D eigenvalue weighted by molar-refractivity contribution is -0.191. The van der Waals surface area contributed by atoms with E-state index < -0.39 is 0 Å². The molecule has 0 radical (unpaired) electrons. The van der Waals surface area contributed by atoms with Crippen LogP contribution in [0, 0.1) is 21.7 Å². The molecule has 0 aromatic rings. The Hall–Kier alpha value is -0.570. The van der Waals surface area contributed by atoms with Gasteiger partial charge in [0.05, 0.1) is 12.0 Å². The normalized spacial score (nSPS) is 51.4. The maximum absolute atomic E-state index is 12.7. The lowest BCUT2D eigenvalue weighted by Gasteiger charge is -2.68. The van der Waals surface area contributed by atoms with Crippen LogP contribution in [0.1, 0.15) is 59.3 Å². The highest BCUT2D eigenvalue weighted by molar-refractivity contribution is 5.83. The molecule has 4 rings (SSSR count). The summed E-state index contributed by atoms with van der Waals surface area (Å²) in [6.45, 7) is 7.58. The zero-order chi connectivity index (χ0) is 13.9. The maximum Gasteiger partial charge on any atom is 0.226 e. The second-order valence-corrected chi connectivity index (χ2v) is 8.75. The Morgan fingerprint density at radius 2 is 1.37 bits per heavy atom. The number of carbonyl (C=O) groups excluding carboxylic acids is 1.